The molecule has 1 aromatic rings. The largest absolute Gasteiger partial charge is 0.351 e. The van der Waals surface area contributed by atoms with Crippen LogP contribution in [0.4, 0.5) is 0 Å². The molecule has 1 aromatic heterocycles. The summed E-state index contributed by atoms with van der Waals surface area (Å²) in [4.78, 5) is 12.3. The zero-order valence-electron chi connectivity index (χ0n) is 10.3. The Balaban J connectivity index is 1.92. The molecule has 0 bridgehead atoms. The zero-order chi connectivity index (χ0) is 12.1. The molecule has 1 atom stereocenters. The molecule has 1 unspecified atom stereocenters. The molecule has 3 nitrogen and oxygen atoms in total. The van der Waals surface area contributed by atoms with Crippen molar-refractivity contribution in [2.75, 3.05) is 13.1 Å². The van der Waals surface area contributed by atoms with Gasteiger partial charge in [0.25, 0.3) is 0 Å². The van der Waals surface area contributed by atoms with Crippen molar-refractivity contribution in [3.8, 4) is 0 Å². The summed E-state index contributed by atoms with van der Waals surface area (Å²) in [5.41, 5.74) is 1.03. The van der Waals surface area contributed by atoms with E-state index in [-0.39, 0.29) is 11.3 Å². The standard InChI is InChI=1S/C13H20N2OS/c1-2-4-13(5-6-14-10-13)12(16)15-8-11-3-7-17-9-11/h3,7,9,14H,2,4-6,8,10H2,1H3,(H,15,16). The van der Waals surface area contributed by atoms with Crippen LogP contribution in [0.5, 0.6) is 0 Å². The van der Waals surface area contributed by atoms with Crippen molar-refractivity contribution in [3.05, 3.63) is 22.4 Å². The molecule has 1 saturated heterocycles. The van der Waals surface area contributed by atoms with Crippen LogP contribution in [0.1, 0.15) is 31.7 Å². The summed E-state index contributed by atoms with van der Waals surface area (Å²) in [6, 6.07) is 2.06. The number of amides is 1. The summed E-state index contributed by atoms with van der Waals surface area (Å²) in [6.07, 6.45) is 3.01. The van der Waals surface area contributed by atoms with Crippen molar-refractivity contribution in [2.45, 2.75) is 32.7 Å². The maximum atomic E-state index is 12.3. The SMILES string of the molecule is CCCC1(C(=O)NCc2ccsc2)CCNC1. The summed E-state index contributed by atoms with van der Waals surface area (Å²) < 4.78 is 0. The highest BCUT2D eigenvalue weighted by Gasteiger charge is 2.39. The Hall–Kier alpha value is -0.870. The van der Waals surface area contributed by atoms with Crippen LogP contribution in [-0.2, 0) is 11.3 Å². The third-order valence-electron chi connectivity index (χ3n) is 3.49. The third-order valence-corrected chi connectivity index (χ3v) is 4.22. The van der Waals surface area contributed by atoms with Crippen LogP contribution >= 0.6 is 11.3 Å². The lowest BCUT2D eigenvalue weighted by Gasteiger charge is -2.26. The van der Waals surface area contributed by atoms with Crippen molar-refractivity contribution < 1.29 is 4.79 Å². The fourth-order valence-corrected chi connectivity index (χ4v) is 3.17. The first-order valence-electron chi connectivity index (χ1n) is 6.27. The van der Waals surface area contributed by atoms with Crippen molar-refractivity contribution >= 4 is 17.2 Å². The molecular weight excluding hydrogens is 232 g/mol. The molecule has 17 heavy (non-hydrogen) atoms. The Morgan fingerprint density at radius 1 is 1.65 bits per heavy atom. The lowest BCUT2D eigenvalue weighted by atomic mass is 9.81. The topological polar surface area (TPSA) is 41.1 Å². The summed E-state index contributed by atoms with van der Waals surface area (Å²) in [6.45, 7) is 4.60. The van der Waals surface area contributed by atoms with E-state index >= 15 is 0 Å². The highest BCUT2D eigenvalue weighted by molar-refractivity contribution is 7.07. The molecule has 2 rings (SSSR count). The third kappa shape index (κ3) is 2.87. The Morgan fingerprint density at radius 2 is 2.53 bits per heavy atom. The molecule has 1 amide bonds. The average Bonchev–Trinajstić information content (AvgIpc) is 2.97. The molecule has 0 spiro atoms. The van der Waals surface area contributed by atoms with Crippen LogP contribution in [0.15, 0.2) is 16.8 Å². The summed E-state index contributed by atoms with van der Waals surface area (Å²) in [5.74, 6) is 0.218. The fraction of sp³-hybridized carbons (Fsp3) is 0.615. The first-order valence-corrected chi connectivity index (χ1v) is 7.21. The lowest BCUT2D eigenvalue weighted by molar-refractivity contribution is -0.130. The Kier molecular flexibility index (Phi) is 4.18. The van der Waals surface area contributed by atoms with Gasteiger partial charge in [0.05, 0.1) is 5.41 Å². The highest BCUT2D eigenvalue weighted by atomic mass is 32.1. The van der Waals surface area contributed by atoms with E-state index in [0.717, 1.165) is 32.4 Å². The minimum atomic E-state index is -0.162. The summed E-state index contributed by atoms with van der Waals surface area (Å²) in [7, 11) is 0. The molecule has 4 heteroatoms. The van der Waals surface area contributed by atoms with E-state index in [1.807, 2.05) is 5.38 Å². The molecule has 1 fully saturated rings. The quantitative estimate of drug-likeness (QED) is 0.843. The summed E-state index contributed by atoms with van der Waals surface area (Å²) >= 11 is 1.67. The smallest absolute Gasteiger partial charge is 0.227 e. The van der Waals surface area contributed by atoms with Crippen molar-refractivity contribution in [3.63, 3.8) is 0 Å². The Labute approximate surface area is 107 Å². The second-order valence-electron chi connectivity index (χ2n) is 4.77. The van der Waals surface area contributed by atoms with Crippen LogP contribution in [0.2, 0.25) is 0 Å². The van der Waals surface area contributed by atoms with Crippen LogP contribution < -0.4 is 10.6 Å². The maximum Gasteiger partial charge on any atom is 0.227 e. The molecule has 2 heterocycles. The molecule has 0 saturated carbocycles. The monoisotopic (exact) mass is 252 g/mol. The number of hydrogen-bond acceptors (Lipinski definition) is 3. The van der Waals surface area contributed by atoms with E-state index in [0.29, 0.717) is 6.54 Å². The van der Waals surface area contributed by atoms with Gasteiger partial charge in [0, 0.05) is 13.1 Å². The number of carbonyl (C=O) groups excluding carboxylic acids is 1. The number of rotatable bonds is 5. The van der Waals surface area contributed by atoms with Crippen molar-refractivity contribution in [2.24, 2.45) is 5.41 Å². The second-order valence-corrected chi connectivity index (χ2v) is 5.55. The molecule has 94 valence electrons. The van der Waals surface area contributed by atoms with Gasteiger partial charge in [-0.2, -0.15) is 11.3 Å². The van der Waals surface area contributed by atoms with E-state index in [4.69, 9.17) is 0 Å². The van der Waals surface area contributed by atoms with Gasteiger partial charge in [-0.05, 0) is 41.8 Å². The highest BCUT2D eigenvalue weighted by Crippen LogP contribution is 2.31. The predicted octanol–water partition coefficient (Wildman–Crippen LogP) is 2.14. The van der Waals surface area contributed by atoms with Gasteiger partial charge in [0.1, 0.15) is 0 Å². The van der Waals surface area contributed by atoms with Gasteiger partial charge in [-0.3, -0.25) is 4.79 Å². The van der Waals surface area contributed by atoms with Crippen LogP contribution in [0, 0.1) is 5.41 Å². The second kappa shape index (κ2) is 5.65. The molecule has 2 N–H and O–H groups in total. The summed E-state index contributed by atoms with van der Waals surface area (Å²) in [5, 5.41) is 10.5. The van der Waals surface area contributed by atoms with Crippen LogP contribution in [0.25, 0.3) is 0 Å². The number of carbonyl (C=O) groups is 1. The van der Waals surface area contributed by atoms with E-state index < -0.39 is 0 Å². The van der Waals surface area contributed by atoms with E-state index in [1.54, 1.807) is 11.3 Å². The van der Waals surface area contributed by atoms with E-state index in [1.165, 1.54) is 5.56 Å². The van der Waals surface area contributed by atoms with Gasteiger partial charge < -0.3 is 10.6 Å². The molecule has 1 aliphatic heterocycles. The van der Waals surface area contributed by atoms with Crippen molar-refractivity contribution in [1.29, 1.82) is 0 Å². The fourth-order valence-electron chi connectivity index (χ4n) is 2.51. The van der Waals surface area contributed by atoms with Gasteiger partial charge in [0.2, 0.25) is 5.91 Å². The van der Waals surface area contributed by atoms with Gasteiger partial charge in [-0.15, -0.1) is 0 Å². The Morgan fingerprint density at radius 3 is 3.12 bits per heavy atom. The number of thiophene rings is 1. The minimum Gasteiger partial charge on any atom is -0.351 e. The predicted molar refractivity (Wildman–Crippen MR) is 71.0 cm³/mol. The van der Waals surface area contributed by atoms with Gasteiger partial charge in [-0.1, -0.05) is 13.3 Å². The van der Waals surface area contributed by atoms with Crippen LogP contribution in [0.3, 0.4) is 0 Å². The van der Waals surface area contributed by atoms with Gasteiger partial charge in [-0.25, -0.2) is 0 Å². The van der Waals surface area contributed by atoms with Crippen LogP contribution in [-0.4, -0.2) is 19.0 Å². The molecule has 0 aromatic carbocycles. The van der Waals surface area contributed by atoms with E-state index in [2.05, 4.69) is 29.0 Å². The zero-order valence-corrected chi connectivity index (χ0v) is 11.1. The molecular formula is C13H20N2OS. The molecule has 0 radical (unpaired) electrons. The first-order chi connectivity index (χ1) is 8.27. The maximum absolute atomic E-state index is 12.3. The van der Waals surface area contributed by atoms with E-state index in [9.17, 15) is 4.79 Å². The molecule has 1 aliphatic rings. The molecule has 0 aliphatic carbocycles. The Bertz CT molecular complexity index is 356. The number of hydrogen-bond donors (Lipinski definition) is 2. The minimum absolute atomic E-state index is 0.162. The normalized spacial score (nSPS) is 23.8. The van der Waals surface area contributed by atoms with Gasteiger partial charge >= 0.3 is 0 Å². The van der Waals surface area contributed by atoms with Crippen molar-refractivity contribution in [1.82, 2.24) is 10.6 Å². The average molecular weight is 252 g/mol. The first kappa shape index (κ1) is 12.6. The lowest BCUT2D eigenvalue weighted by Crippen LogP contribution is -2.42. The number of nitrogens with one attached hydrogen (secondary N) is 2. The van der Waals surface area contributed by atoms with Gasteiger partial charge in [0.15, 0.2) is 0 Å².